The largest absolute Gasteiger partial charge is 0.331 e. The second-order valence-electron chi connectivity index (χ2n) is 5.55. The Labute approximate surface area is 108 Å². The third-order valence-corrected chi connectivity index (χ3v) is 4.34. The molecular weight excluding hydrogens is 222 g/mol. The van der Waals surface area contributed by atoms with Crippen LogP contribution in [-0.2, 0) is 13.5 Å². The summed E-state index contributed by atoms with van der Waals surface area (Å²) in [5.74, 6) is 2.89. The van der Waals surface area contributed by atoms with Crippen molar-refractivity contribution in [1.82, 2.24) is 14.9 Å². The Morgan fingerprint density at radius 2 is 2.17 bits per heavy atom. The van der Waals surface area contributed by atoms with E-state index in [4.69, 9.17) is 4.98 Å². The monoisotopic (exact) mass is 243 g/mol. The van der Waals surface area contributed by atoms with Crippen LogP contribution in [0.15, 0.2) is 24.3 Å². The van der Waals surface area contributed by atoms with Gasteiger partial charge in [0.1, 0.15) is 5.82 Å². The molecule has 1 N–H and O–H groups in total. The van der Waals surface area contributed by atoms with Crippen molar-refractivity contribution in [1.29, 1.82) is 0 Å². The third kappa shape index (κ3) is 1.93. The zero-order chi connectivity index (χ0) is 12.7. The molecule has 0 spiro atoms. The number of imidazole rings is 1. The Morgan fingerprint density at radius 3 is 2.78 bits per heavy atom. The fourth-order valence-corrected chi connectivity index (χ4v) is 2.95. The highest BCUT2D eigenvalue weighted by Crippen LogP contribution is 2.41. The van der Waals surface area contributed by atoms with Crippen molar-refractivity contribution in [3.05, 3.63) is 30.1 Å². The summed E-state index contributed by atoms with van der Waals surface area (Å²) in [6.07, 6.45) is 2.38. The Morgan fingerprint density at radius 1 is 1.44 bits per heavy atom. The molecule has 1 aromatic heterocycles. The van der Waals surface area contributed by atoms with Gasteiger partial charge in [-0.25, -0.2) is 4.98 Å². The summed E-state index contributed by atoms with van der Waals surface area (Å²) in [6, 6.07) is 8.92. The number of nitrogens with one attached hydrogen (secondary N) is 1. The fraction of sp³-hybridized carbons (Fsp3) is 0.533. The Bertz CT molecular complexity index is 558. The SMILES string of the molecule is CNC(Cc1nc2ccccc2n1C)C1CC1C. The first-order valence-corrected chi connectivity index (χ1v) is 6.78. The van der Waals surface area contributed by atoms with Crippen LogP contribution in [0.5, 0.6) is 0 Å². The van der Waals surface area contributed by atoms with Crippen molar-refractivity contribution in [3.8, 4) is 0 Å². The number of likely N-dealkylation sites (N-methyl/N-ethyl adjacent to an activating group) is 1. The van der Waals surface area contributed by atoms with Crippen LogP contribution >= 0.6 is 0 Å². The lowest BCUT2D eigenvalue weighted by Gasteiger charge is -2.15. The van der Waals surface area contributed by atoms with Crippen LogP contribution < -0.4 is 5.32 Å². The van der Waals surface area contributed by atoms with E-state index < -0.39 is 0 Å². The zero-order valence-electron chi connectivity index (χ0n) is 11.4. The summed E-state index contributed by atoms with van der Waals surface area (Å²) in [5, 5.41) is 3.46. The predicted molar refractivity (Wildman–Crippen MR) is 74.5 cm³/mol. The molecule has 0 aliphatic heterocycles. The van der Waals surface area contributed by atoms with Crippen molar-refractivity contribution in [2.75, 3.05) is 7.05 Å². The highest BCUT2D eigenvalue weighted by atomic mass is 15.1. The molecule has 0 amide bonds. The second kappa shape index (κ2) is 4.39. The van der Waals surface area contributed by atoms with Gasteiger partial charge in [-0.3, -0.25) is 0 Å². The molecule has 3 atom stereocenters. The average molecular weight is 243 g/mol. The number of hydrogen-bond donors (Lipinski definition) is 1. The minimum atomic E-state index is 0.565. The smallest absolute Gasteiger partial charge is 0.111 e. The van der Waals surface area contributed by atoms with Gasteiger partial charge in [-0.15, -0.1) is 0 Å². The van der Waals surface area contributed by atoms with E-state index in [9.17, 15) is 0 Å². The van der Waals surface area contributed by atoms with Crippen molar-refractivity contribution in [2.45, 2.75) is 25.8 Å². The van der Waals surface area contributed by atoms with Crippen LogP contribution in [0.2, 0.25) is 0 Å². The van der Waals surface area contributed by atoms with Crippen molar-refractivity contribution < 1.29 is 0 Å². The summed E-state index contributed by atoms with van der Waals surface area (Å²) in [5.41, 5.74) is 2.33. The van der Waals surface area contributed by atoms with Crippen LogP contribution in [0.25, 0.3) is 11.0 Å². The van der Waals surface area contributed by atoms with Gasteiger partial charge in [0.05, 0.1) is 11.0 Å². The molecular formula is C15H21N3. The third-order valence-electron chi connectivity index (χ3n) is 4.34. The van der Waals surface area contributed by atoms with E-state index in [0.29, 0.717) is 6.04 Å². The Kier molecular flexibility index (Phi) is 2.86. The van der Waals surface area contributed by atoms with E-state index in [1.54, 1.807) is 0 Å². The van der Waals surface area contributed by atoms with Crippen LogP contribution in [0.1, 0.15) is 19.2 Å². The molecule has 3 unspecified atom stereocenters. The van der Waals surface area contributed by atoms with Gasteiger partial charge in [0.15, 0.2) is 0 Å². The molecule has 1 saturated carbocycles. The molecule has 3 nitrogen and oxygen atoms in total. The summed E-state index contributed by atoms with van der Waals surface area (Å²) in [6.45, 7) is 2.34. The summed E-state index contributed by atoms with van der Waals surface area (Å²) in [4.78, 5) is 4.76. The van der Waals surface area contributed by atoms with Gasteiger partial charge >= 0.3 is 0 Å². The number of benzene rings is 1. The number of aromatic nitrogens is 2. The van der Waals surface area contributed by atoms with E-state index in [-0.39, 0.29) is 0 Å². The quantitative estimate of drug-likeness (QED) is 0.893. The molecule has 96 valence electrons. The van der Waals surface area contributed by atoms with E-state index >= 15 is 0 Å². The molecule has 18 heavy (non-hydrogen) atoms. The minimum Gasteiger partial charge on any atom is -0.331 e. The summed E-state index contributed by atoms with van der Waals surface area (Å²) < 4.78 is 2.23. The predicted octanol–water partition coefficient (Wildman–Crippen LogP) is 2.36. The molecule has 0 radical (unpaired) electrons. The maximum absolute atomic E-state index is 4.76. The van der Waals surface area contributed by atoms with Gasteiger partial charge in [0, 0.05) is 19.5 Å². The van der Waals surface area contributed by atoms with Gasteiger partial charge in [-0.1, -0.05) is 19.1 Å². The molecule has 1 aliphatic carbocycles. The van der Waals surface area contributed by atoms with E-state index in [1.807, 2.05) is 0 Å². The van der Waals surface area contributed by atoms with Crippen LogP contribution in [0, 0.1) is 11.8 Å². The number of nitrogens with zero attached hydrogens (tertiary/aromatic N) is 2. The van der Waals surface area contributed by atoms with Gasteiger partial charge in [-0.05, 0) is 37.4 Å². The van der Waals surface area contributed by atoms with Gasteiger partial charge in [0.2, 0.25) is 0 Å². The zero-order valence-corrected chi connectivity index (χ0v) is 11.4. The fourth-order valence-electron chi connectivity index (χ4n) is 2.95. The van der Waals surface area contributed by atoms with Gasteiger partial charge in [0.25, 0.3) is 0 Å². The first-order valence-electron chi connectivity index (χ1n) is 6.78. The minimum absolute atomic E-state index is 0.565. The van der Waals surface area contributed by atoms with Crippen molar-refractivity contribution >= 4 is 11.0 Å². The van der Waals surface area contributed by atoms with E-state index in [0.717, 1.165) is 23.8 Å². The highest BCUT2D eigenvalue weighted by Gasteiger charge is 2.39. The maximum atomic E-state index is 4.76. The number of rotatable bonds is 4. The lowest BCUT2D eigenvalue weighted by molar-refractivity contribution is 0.466. The molecule has 2 aromatic rings. The lowest BCUT2D eigenvalue weighted by atomic mass is 10.1. The van der Waals surface area contributed by atoms with Crippen molar-refractivity contribution in [2.24, 2.45) is 18.9 Å². The summed E-state index contributed by atoms with van der Waals surface area (Å²) >= 11 is 0. The molecule has 3 rings (SSSR count). The van der Waals surface area contributed by atoms with Crippen molar-refractivity contribution in [3.63, 3.8) is 0 Å². The van der Waals surface area contributed by atoms with Gasteiger partial charge < -0.3 is 9.88 Å². The number of aryl methyl sites for hydroxylation is 1. The molecule has 0 bridgehead atoms. The lowest BCUT2D eigenvalue weighted by Crippen LogP contribution is -2.31. The normalized spacial score (nSPS) is 24.4. The number of para-hydroxylation sites is 2. The Balaban J connectivity index is 1.87. The van der Waals surface area contributed by atoms with Crippen LogP contribution in [0.4, 0.5) is 0 Å². The maximum Gasteiger partial charge on any atom is 0.111 e. The molecule has 1 aromatic carbocycles. The second-order valence-corrected chi connectivity index (χ2v) is 5.55. The first kappa shape index (κ1) is 11.7. The van der Waals surface area contributed by atoms with Crippen LogP contribution in [0.3, 0.4) is 0 Å². The molecule has 1 heterocycles. The standard InChI is InChI=1S/C15H21N3/c1-10-8-11(10)13(16-2)9-15-17-12-6-4-5-7-14(12)18(15)3/h4-7,10-11,13,16H,8-9H2,1-3H3. The molecule has 3 heteroatoms. The van der Waals surface area contributed by atoms with E-state index in [1.165, 1.54) is 17.8 Å². The first-order chi connectivity index (χ1) is 8.70. The molecule has 0 saturated heterocycles. The highest BCUT2D eigenvalue weighted by molar-refractivity contribution is 5.75. The van der Waals surface area contributed by atoms with E-state index in [2.05, 4.69) is 55.2 Å². The number of hydrogen-bond acceptors (Lipinski definition) is 2. The Hall–Kier alpha value is -1.35. The molecule has 1 aliphatic rings. The topological polar surface area (TPSA) is 29.9 Å². The molecule has 1 fully saturated rings. The average Bonchev–Trinajstić information content (AvgIpc) is 3.02. The van der Waals surface area contributed by atoms with Crippen LogP contribution in [-0.4, -0.2) is 22.6 Å². The summed E-state index contributed by atoms with van der Waals surface area (Å²) in [7, 11) is 4.19. The number of fused-ring (bicyclic) bond motifs is 1. The van der Waals surface area contributed by atoms with Gasteiger partial charge in [-0.2, -0.15) is 0 Å².